The molecule has 0 amide bonds. The topological polar surface area (TPSA) is 88.5 Å². The van der Waals surface area contributed by atoms with E-state index in [1.54, 1.807) is 36.4 Å². The first-order chi connectivity index (χ1) is 11.0. The van der Waals surface area contributed by atoms with E-state index < -0.39 is 39.2 Å². The highest BCUT2D eigenvalue weighted by Gasteiger charge is 2.49. The number of fused-ring (bicyclic) bond motifs is 1. The highest BCUT2D eigenvalue weighted by atomic mass is 32.2. The molecular weight excluding hydrogens is 316 g/mol. The Morgan fingerprint density at radius 1 is 1.00 bits per heavy atom. The molecule has 0 aliphatic carbocycles. The van der Waals surface area contributed by atoms with Gasteiger partial charge in [0.1, 0.15) is 11.9 Å². The van der Waals surface area contributed by atoms with Crippen molar-refractivity contribution in [3.8, 4) is 0 Å². The number of Topliss-reactive ketones (excluding diaryl/α,β-unsaturated/α-hetero) is 2. The first-order valence-electron chi connectivity index (χ1n) is 7.04. The molecule has 6 heteroatoms. The summed E-state index contributed by atoms with van der Waals surface area (Å²) >= 11 is 0. The maximum atomic E-state index is 12.8. The molecule has 0 saturated carbocycles. The minimum absolute atomic E-state index is 0.0864. The van der Waals surface area contributed by atoms with Crippen LogP contribution in [0, 0.1) is 0 Å². The van der Waals surface area contributed by atoms with Gasteiger partial charge in [0, 0.05) is 5.56 Å². The van der Waals surface area contributed by atoms with E-state index in [-0.39, 0.29) is 10.5 Å². The van der Waals surface area contributed by atoms with Crippen LogP contribution in [0.5, 0.6) is 0 Å². The van der Waals surface area contributed by atoms with Crippen LogP contribution in [0.4, 0.5) is 0 Å². The standard InChI is InChI=1S/C17H14O5S/c18-10-13(19)17-15(11-6-2-1-3-7-11)16(20)12-8-4-5-9-14(12)23(17,21)22/h1-9,15,17-18H,10H2. The Morgan fingerprint density at radius 3 is 2.26 bits per heavy atom. The van der Waals surface area contributed by atoms with Crippen LogP contribution in [-0.2, 0) is 14.6 Å². The lowest BCUT2D eigenvalue weighted by atomic mass is 9.85. The number of hydrogen-bond donors (Lipinski definition) is 1. The van der Waals surface area contributed by atoms with E-state index in [4.69, 9.17) is 0 Å². The Kier molecular flexibility index (Phi) is 3.87. The Balaban J connectivity index is 2.30. The zero-order valence-corrected chi connectivity index (χ0v) is 12.9. The Bertz CT molecular complexity index is 871. The molecule has 3 rings (SSSR count). The highest BCUT2D eigenvalue weighted by Crippen LogP contribution is 2.39. The molecule has 0 radical (unpaired) electrons. The summed E-state index contributed by atoms with van der Waals surface area (Å²) in [4.78, 5) is 24.8. The van der Waals surface area contributed by atoms with Crippen molar-refractivity contribution in [2.24, 2.45) is 0 Å². The third-order valence-corrected chi connectivity index (χ3v) is 6.18. The zero-order chi connectivity index (χ0) is 16.6. The average molecular weight is 330 g/mol. The molecule has 2 aromatic rings. The fourth-order valence-electron chi connectivity index (χ4n) is 2.97. The van der Waals surface area contributed by atoms with Crippen molar-refractivity contribution < 1.29 is 23.1 Å². The summed E-state index contributed by atoms with van der Waals surface area (Å²) in [6.07, 6.45) is 0. The number of sulfone groups is 1. The van der Waals surface area contributed by atoms with Gasteiger partial charge in [0.05, 0.1) is 10.8 Å². The summed E-state index contributed by atoms with van der Waals surface area (Å²) in [6.45, 7) is -0.928. The van der Waals surface area contributed by atoms with Crippen molar-refractivity contribution in [1.82, 2.24) is 0 Å². The van der Waals surface area contributed by atoms with E-state index in [0.717, 1.165) is 0 Å². The number of benzene rings is 2. The zero-order valence-electron chi connectivity index (χ0n) is 12.0. The maximum Gasteiger partial charge on any atom is 0.190 e. The number of carbonyl (C=O) groups is 2. The molecule has 118 valence electrons. The van der Waals surface area contributed by atoms with Crippen LogP contribution in [0.3, 0.4) is 0 Å². The van der Waals surface area contributed by atoms with Crippen molar-refractivity contribution >= 4 is 21.4 Å². The highest BCUT2D eigenvalue weighted by molar-refractivity contribution is 7.93. The number of hydrogen-bond acceptors (Lipinski definition) is 5. The predicted molar refractivity (Wildman–Crippen MR) is 83.0 cm³/mol. The number of carbonyl (C=O) groups excluding carboxylic acids is 2. The van der Waals surface area contributed by atoms with Gasteiger partial charge in [-0.25, -0.2) is 8.42 Å². The number of aliphatic hydroxyl groups is 1. The van der Waals surface area contributed by atoms with Gasteiger partial charge in [-0.2, -0.15) is 0 Å². The van der Waals surface area contributed by atoms with Gasteiger partial charge in [0.15, 0.2) is 21.4 Å². The van der Waals surface area contributed by atoms with Crippen molar-refractivity contribution in [3.63, 3.8) is 0 Å². The van der Waals surface area contributed by atoms with Crippen LogP contribution in [0.15, 0.2) is 59.5 Å². The van der Waals surface area contributed by atoms with Crippen molar-refractivity contribution in [2.75, 3.05) is 6.61 Å². The monoisotopic (exact) mass is 330 g/mol. The first kappa shape index (κ1) is 15.6. The van der Waals surface area contributed by atoms with Crippen molar-refractivity contribution in [1.29, 1.82) is 0 Å². The van der Waals surface area contributed by atoms with Crippen LogP contribution in [0.1, 0.15) is 21.8 Å². The Labute approximate surface area is 133 Å². The predicted octanol–water partition coefficient (Wildman–Crippen LogP) is 1.37. The van der Waals surface area contributed by atoms with Gasteiger partial charge in [0.25, 0.3) is 0 Å². The van der Waals surface area contributed by atoms with Gasteiger partial charge >= 0.3 is 0 Å². The van der Waals surface area contributed by atoms with E-state index in [0.29, 0.717) is 5.56 Å². The molecule has 0 saturated heterocycles. The van der Waals surface area contributed by atoms with E-state index in [1.165, 1.54) is 18.2 Å². The van der Waals surface area contributed by atoms with Gasteiger partial charge in [-0.05, 0) is 11.6 Å². The van der Waals surface area contributed by atoms with Crippen LogP contribution < -0.4 is 0 Å². The molecule has 1 aliphatic heterocycles. The van der Waals surface area contributed by atoms with Gasteiger partial charge in [-0.3, -0.25) is 9.59 Å². The molecule has 2 atom stereocenters. The Hall–Kier alpha value is -2.31. The Morgan fingerprint density at radius 2 is 1.61 bits per heavy atom. The molecule has 1 heterocycles. The normalized spacial score (nSPS) is 22.4. The molecule has 1 aliphatic rings. The molecule has 0 spiro atoms. The van der Waals surface area contributed by atoms with Gasteiger partial charge in [0.2, 0.25) is 0 Å². The summed E-state index contributed by atoms with van der Waals surface area (Å²) in [6, 6.07) is 14.2. The van der Waals surface area contributed by atoms with Crippen LogP contribution in [0.25, 0.3) is 0 Å². The van der Waals surface area contributed by atoms with Crippen LogP contribution in [-0.4, -0.2) is 36.9 Å². The molecule has 0 bridgehead atoms. The quantitative estimate of drug-likeness (QED) is 0.918. The minimum Gasteiger partial charge on any atom is -0.389 e. The van der Waals surface area contributed by atoms with E-state index in [9.17, 15) is 23.1 Å². The van der Waals surface area contributed by atoms with Crippen LogP contribution in [0.2, 0.25) is 0 Å². The molecule has 2 aromatic carbocycles. The molecular formula is C17H14O5S. The third kappa shape index (κ3) is 2.40. The summed E-state index contributed by atoms with van der Waals surface area (Å²) in [7, 11) is -4.05. The smallest absolute Gasteiger partial charge is 0.190 e. The molecule has 5 nitrogen and oxygen atoms in total. The number of ketones is 2. The number of aliphatic hydroxyl groups excluding tert-OH is 1. The minimum atomic E-state index is -4.05. The second-order valence-corrected chi connectivity index (χ2v) is 7.38. The second kappa shape index (κ2) is 5.72. The fraction of sp³-hybridized carbons (Fsp3) is 0.176. The van der Waals surface area contributed by atoms with E-state index in [1.807, 2.05) is 0 Å². The summed E-state index contributed by atoms with van der Waals surface area (Å²) < 4.78 is 25.7. The van der Waals surface area contributed by atoms with E-state index in [2.05, 4.69) is 0 Å². The molecule has 0 fully saturated rings. The molecule has 1 N–H and O–H groups in total. The third-order valence-electron chi connectivity index (χ3n) is 4.01. The van der Waals surface area contributed by atoms with E-state index >= 15 is 0 Å². The van der Waals surface area contributed by atoms with Gasteiger partial charge in [-0.15, -0.1) is 0 Å². The van der Waals surface area contributed by atoms with Gasteiger partial charge < -0.3 is 5.11 Å². The lowest BCUT2D eigenvalue weighted by molar-refractivity contribution is -0.121. The maximum absolute atomic E-state index is 12.8. The molecule has 2 unspecified atom stereocenters. The first-order valence-corrected chi connectivity index (χ1v) is 8.58. The van der Waals surface area contributed by atoms with Crippen molar-refractivity contribution in [3.05, 3.63) is 65.7 Å². The largest absolute Gasteiger partial charge is 0.389 e. The lowest BCUT2D eigenvalue weighted by Crippen LogP contribution is -2.45. The molecule has 23 heavy (non-hydrogen) atoms. The lowest BCUT2D eigenvalue weighted by Gasteiger charge is -2.30. The summed E-state index contributed by atoms with van der Waals surface area (Å²) in [5.41, 5.74) is 0.533. The average Bonchev–Trinajstić information content (AvgIpc) is 2.58. The SMILES string of the molecule is O=C1c2ccccc2S(=O)(=O)C(C(=O)CO)C1c1ccccc1. The fourth-order valence-corrected chi connectivity index (χ4v) is 5.05. The van der Waals surface area contributed by atoms with Crippen LogP contribution >= 0.6 is 0 Å². The number of rotatable bonds is 3. The van der Waals surface area contributed by atoms with Gasteiger partial charge in [-0.1, -0.05) is 48.5 Å². The molecule has 0 aromatic heterocycles. The summed E-state index contributed by atoms with van der Waals surface area (Å²) in [5, 5.41) is 7.59. The summed E-state index contributed by atoms with van der Waals surface area (Å²) in [5.74, 6) is -2.44. The second-order valence-electron chi connectivity index (χ2n) is 5.34. The van der Waals surface area contributed by atoms with Crippen molar-refractivity contribution in [2.45, 2.75) is 16.1 Å².